The van der Waals surface area contributed by atoms with Crippen molar-refractivity contribution in [3.8, 4) is 11.5 Å². The van der Waals surface area contributed by atoms with Gasteiger partial charge in [0.2, 0.25) is 12.7 Å². The van der Waals surface area contributed by atoms with Crippen LogP contribution in [0.1, 0.15) is 43.6 Å². The zero-order chi connectivity index (χ0) is 16.7. The number of hydrogen-bond acceptors (Lipinski definition) is 5. The average Bonchev–Trinajstić information content (AvgIpc) is 3.22. The lowest BCUT2D eigenvalue weighted by Gasteiger charge is -2.39. The van der Waals surface area contributed by atoms with Crippen LogP contribution in [0.4, 0.5) is 0 Å². The molecule has 0 bridgehead atoms. The number of benzene rings is 1. The van der Waals surface area contributed by atoms with Gasteiger partial charge in [-0.2, -0.15) is 0 Å². The molecule has 0 unspecified atom stereocenters. The number of rotatable bonds is 2. The van der Waals surface area contributed by atoms with Crippen LogP contribution in [0, 0.1) is 0 Å². The van der Waals surface area contributed by atoms with E-state index in [0.717, 1.165) is 49.2 Å². The molecule has 2 heterocycles. The maximum atomic E-state index is 12.7. The number of nitrogens with two attached hydrogens (primary N) is 1. The average molecular weight is 332 g/mol. The Bertz CT molecular complexity index is 642. The first kappa shape index (κ1) is 15.7. The summed E-state index contributed by atoms with van der Waals surface area (Å²) in [7, 11) is 0. The number of amides is 1. The second kappa shape index (κ2) is 5.93. The second-order valence-electron chi connectivity index (χ2n) is 7.19. The fraction of sp³-hybridized carbons (Fsp3) is 0.611. The quantitative estimate of drug-likeness (QED) is 0.854. The summed E-state index contributed by atoms with van der Waals surface area (Å²) in [6, 6.07) is 5.80. The number of piperidine rings is 1. The van der Waals surface area contributed by atoms with Gasteiger partial charge < -0.3 is 25.2 Å². The Morgan fingerprint density at radius 3 is 2.75 bits per heavy atom. The summed E-state index contributed by atoms with van der Waals surface area (Å²) in [5.41, 5.74) is 6.60. The standard InChI is InChI=1S/C18H24N2O4/c19-18(6-1-2-7-18)17(22)20-8-5-13(14(21)10-20)12-3-4-15-16(9-12)24-11-23-15/h3-4,9,13-14,21H,1-2,5-8,10-11,19H2/t13-,14+/m0/s1. The molecule has 3 N–H and O–H groups in total. The fourth-order valence-electron chi connectivity index (χ4n) is 4.18. The van der Waals surface area contributed by atoms with Crippen molar-refractivity contribution < 1.29 is 19.4 Å². The van der Waals surface area contributed by atoms with E-state index in [0.29, 0.717) is 13.1 Å². The van der Waals surface area contributed by atoms with Gasteiger partial charge in [0.1, 0.15) is 0 Å². The molecule has 6 nitrogen and oxygen atoms in total. The van der Waals surface area contributed by atoms with Gasteiger partial charge in [-0.05, 0) is 37.0 Å². The Kier molecular flexibility index (Phi) is 3.89. The number of nitrogens with zero attached hydrogens (tertiary/aromatic N) is 1. The first-order chi connectivity index (χ1) is 11.6. The van der Waals surface area contributed by atoms with Crippen molar-refractivity contribution in [1.82, 2.24) is 4.90 Å². The van der Waals surface area contributed by atoms with Gasteiger partial charge in [-0.25, -0.2) is 0 Å². The minimum atomic E-state index is -0.717. The fourth-order valence-corrected chi connectivity index (χ4v) is 4.18. The third kappa shape index (κ3) is 2.63. The van der Waals surface area contributed by atoms with Crippen LogP contribution in [0.5, 0.6) is 11.5 Å². The van der Waals surface area contributed by atoms with Gasteiger partial charge in [0, 0.05) is 19.0 Å². The van der Waals surface area contributed by atoms with Crippen molar-refractivity contribution in [3.05, 3.63) is 23.8 Å². The molecule has 0 aromatic heterocycles. The van der Waals surface area contributed by atoms with E-state index in [9.17, 15) is 9.90 Å². The van der Waals surface area contributed by atoms with Crippen molar-refractivity contribution in [2.45, 2.75) is 49.7 Å². The van der Waals surface area contributed by atoms with Crippen LogP contribution in [0.25, 0.3) is 0 Å². The number of carbonyl (C=O) groups is 1. The van der Waals surface area contributed by atoms with Gasteiger partial charge in [0.15, 0.2) is 11.5 Å². The molecule has 1 saturated heterocycles. The number of β-amino-alcohol motifs (C(OH)–C–C–N with tert-alkyl or cyclic N) is 1. The third-order valence-corrected chi connectivity index (χ3v) is 5.62. The number of carbonyl (C=O) groups excluding carboxylic acids is 1. The van der Waals surface area contributed by atoms with Crippen molar-refractivity contribution >= 4 is 5.91 Å². The largest absolute Gasteiger partial charge is 0.454 e. The summed E-state index contributed by atoms with van der Waals surface area (Å²) in [4.78, 5) is 14.5. The number of likely N-dealkylation sites (tertiary alicyclic amines) is 1. The summed E-state index contributed by atoms with van der Waals surface area (Å²) in [6.07, 6.45) is 3.67. The summed E-state index contributed by atoms with van der Waals surface area (Å²) >= 11 is 0. The minimum absolute atomic E-state index is 0.000789. The van der Waals surface area contributed by atoms with Gasteiger partial charge in [-0.3, -0.25) is 4.79 Å². The zero-order valence-electron chi connectivity index (χ0n) is 13.7. The Hall–Kier alpha value is -1.79. The first-order valence-electron chi connectivity index (χ1n) is 8.73. The van der Waals surface area contributed by atoms with Crippen LogP contribution in [-0.2, 0) is 4.79 Å². The molecular weight excluding hydrogens is 308 g/mol. The first-order valence-corrected chi connectivity index (χ1v) is 8.73. The van der Waals surface area contributed by atoms with Gasteiger partial charge in [-0.1, -0.05) is 18.9 Å². The summed E-state index contributed by atoms with van der Waals surface area (Å²) in [5, 5.41) is 10.6. The molecule has 24 heavy (non-hydrogen) atoms. The van der Waals surface area contributed by atoms with E-state index >= 15 is 0 Å². The van der Waals surface area contributed by atoms with Crippen LogP contribution >= 0.6 is 0 Å². The zero-order valence-corrected chi connectivity index (χ0v) is 13.7. The van der Waals surface area contributed by atoms with E-state index in [4.69, 9.17) is 15.2 Å². The van der Waals surface area contributed by atoms with Crippen LogP contribution in [0.15, 0.2) is 18.2 Å². The lowest BCUT2D eigenvalue weighted by atomic mass is 9.85. The summed E-state index contributed by atoms with van der Waals surface area (Å²) < 4.78 is 10.8. The number of ether oxygens (including phenoxy) is 2. The van der Waals surface area contributed by atoms with E-state index in [1.165, 1.54) is 0 Å². The van der Waals surface area contributed by atoms with Crippen molar-refractivity contribution in [2.75, 3.05) is 19.9 Å². The molecule has 1 saturated carbocycles. The lowest BCUT2D eigenvalue weighted by molar-refractivity contribution is -0.140. The monoisotopic (exact) mass is 332 g/mol. The summed E-state index contributed by atoms with van der Waals surface area (Å²) in [6.45, 7) is 1.22. The third-order valence-electron chi connectivity index (χ3n) is 5.62. The number of fused-ring (bicyclic) bond motifs is 1. The molecule has 2 fully saturated rings. The predicted octanol–water partition coefficient (Wildman–Crippen LogP) is 1.36. The Labute approximate surface area is 141 Å². The molecule has 1 aromatic carbocycles. The van der Waals surface area contributed by atoms with E-state index < -0.39 is 11.6 Å². The second-order valence-corrected chi connectivity index (χ2v) is 7.19. The highest BCUT2D eigenvalue weighted by Crippen LogP contribution is 2.38. The molecule has 0 radical (unpaired) electrons. The highest BCUT2D eigenvalue weighted by Gasteiger charge is 2.42. The molecule has 3 aliphatic rings. The molecule has 1 aliphatic carbocycles. The number of aliphatic hydroxyl groups excluding tert-OH is 1. The molecular formula is C18H24N2O4. The van der Waals surface area contributed by atoms with Crippen molar-refractivity contribution in [3.63, 3.8) is 0 Å². The predicted molar refractivity (Wildman–Crippen MR) is 87.9 cm³/mol. The highest BCUT2D eigenvalue weighted by atomic mass is 16.7. The van der Waals surface area contributed by atoms with Gasteiger partial charge in [0.25, 0.3) is 0 Å². The smallest absolute Gasteiger partial charge is 0.242 e. The Morgan fingerprint density at radius 1 is 1.25 bits per heavy atom. The van der Waals surface area contributed by atoms with Crippen LogP contribution < -0.4 is 15.2 Å². The van der Waals surface area contributed by atoms with Gasteiger partial charge >= 0.3 is 0 Å². The Balaban J connectivity index is 1.46. The molecule has 2 aliphatic heterocycles. The molecule has 1 amide bonds. The van der Waals surface area contributed by atoms with Crippen LogP contribution in [-0.4, -0.2) is 47.4 Å². The molecule has 6 heteroatoms. The number of aliphatic hydroxyl groups is 1. The van der Waals surface area contributed by atoms with E-state index in [-0.39, 0.29) is 18.6 Å². The topological polar surface area (TPSA) is 85.0 Å². The van der Waals surface area contributed by atoms with E-state index in [1.807, 2.05) is 18.2 Å². The normalized spacial score (nSPS) is 28.2. The SMILES string of the molecule is NC1(C(=O)N2CC[C@@H](c3ccc4c(c3)OCO4)[C@H](O)C2)CCCC1. The minimum Gasteiger partial charge on any atom is -0.454 e. The van der Waals surface area contributed by atoms with Gasteiger partial charge in [-0.15, -0.1) is 0 Å². The summed E-state index contributed by atoms with van der Waals surface area (Å²) in [5.74, 6) is 1.47. The number of hydrogen-bond donors (Lipinski definition) is 2. The highest BCUT2D eigenvalue weighted by molar-refractivity contribution is 5.86. The lowest BCUT2D eigenvalue weighted by Crippen LogP contribution is -2.57. The molecule has 1 aromatic rings. The molecule has 130 valence electrons. The maximum absolute atomic E-state index is 12.7. The molecule has 0 spiro atoms. The van der Waals surface area contributed by atoms with Crippen LogP contribution in [0.2, 0.25) is 0 Å². The van der Waals surface area contributed by atoms with Gasteiger partial charge in [0.05, 0.1) is 11.6 Å². The van der Waals surface area contributed by atoms with E-state index in [1.54, 1.807) is 4.90 Å². The van der Waals surface area contributed by atoms with E-state index in [2.05, 4.69) is 0 Å². The maximum Gasteiger partial charge on any atom is 0.242 e. The van der Waals surface area contributed by atoms with Crippen molar-refractivity contribution in [2.24, 2.45) is 5.73 Å². The molecule has 2 atom stereocenters. The van der Waals surface area contributed by atoms with Crippen molar-refractivity contribution in [1.29, 1.82) is 0 Å². The Morgan fingerprint density at radius 2 is 2.00 bits per heavy atom. The molecule has 4 rings (SSSR count). The van der Waals surface area contributed by atoms with Crippen LogP contribution in [0.3, 0.4) is 0 Å².